The molecule has 9 heteroatoms. The van der Waals surface area contributed by atoms with Crippen LogP contribution in [0.25, 0.3) is 0 Å². The van der Waals surface area contributed by atoms with Crippen molar-refractivity contribution in [2.45, 2.75) is 4.90 Å². The quantitative estimate of drug-likeness (QED) is 0.698. The molecule has 0 aliphatic rings. The van der Waals surface area contributed by atoms with Gasteiger partial charge in [0.25, 0.3) is 0 Å². The van der Waals surface area contributed by atoms with Crippen LogP contribution in [0.15, 0.2) is 29.4 Å². The van der Waals surface area contributed by atoms with Crippen LogP contribution in [-0.4, -0.2) is 52.9 Å². The van der Waals surface area contributed by atoms with Crippen LogP contribution in [0.3, 0.4) is 0 Å². The summed E-state index contributed by atoms with van der Waals surface area (Å²) in [7, 11) is -4.18. The summed E-state index contributed by atoms with van der Waals surface area (Å²) < 4.78 is 24.3. The zero-order valence-corrected chi connectivity index (χ0v) is 9.87. The molecule has 1 aromatic rings. The van der Waals surface area contributed by atoms with Crippen molar-refractivity contribution in [3.05, 3.63) is 24.5 Å². The molecule has 0 aliphatic heterocycles. The van der Waals surface area contributed by atoms with Gasteiger partial charge in [-0.1, -0.05) is 0 Å². The largest absolute Gasteiger partial charge is 0.480 e. The number of rotatable bonds is 6. The van der Waals surface area contributed by atoms with Crippen LogP contribution in [0.1, 0.15) is 0 Å². The number of hydrogen-bond acceptors (Lipinski definition) is 5. The number of carboxylic acids is 2. The first-order chi connectivity index (χ1) is 8.34. The second kappa shape index (κ2) is 5.56. The Bertz CT molecular complexity index is 525. The molecule has 0 unspecified atom stereocenters. The fraction of sp³-hybridized carbons (Fsp3) is 0.222. The maximum absolute atomic E-state index is 12.0. The molecule has 0 fully saturated rings. The minimum atomic E-state index is -4.18. The van der Waals surface area contributed by atoms with Gasteiger partial charge in [0.05, 0.1) is 0 Å². The molecule has 0 amide bonds. The second-order valence-electron chi connectivity index (χ2n) is 3.25. The van der Waals surface area contributed by atoms with Gasteiger partial charge in [0, 0.05) is 12.4 Å². The van der Waals surface area contributed by atoms with E-state index in [2.05, 4.69) is 4.98 Å². The second-order valence-corrected chi connectivity index (χ2v) is 5.19. The summed E-state index contributed by atoms with van der Waals surface area (Å²) in [5.74, 6) is -2.88. The van der Waals surface area contributed by atoms with Gasteiger partial charge in [-0.05, 0) is 12.1 Å². The fourth-order valence-corrected chi connectivity index (χ4v) is 2.48. The predicted octanol–water partition coefficient (Wildman–Crippen LogP) is -0.758. The Balaban J connectivity index is 3.11. The van der Waals surface area contributed by atoms with Gasteiger partial charge >= 0.3 is 11.9 Å². The molecule has 0 saturated carbocycles. The lowest BCUT2D eigenvalue weighted by molar-refractivity contribution is -0.139. The van der Waals surface area contributed by atoms with E-state index in [1.165, 1.54) is 18.3 Å². The van der Waals surface area contributed by atoms with Crippen molar-refractivity contribution in [1.82, 2.24) is 9.29 Å². The number of aromatic nitrogens is 1. The van der Waals surface area contributed by atoms with Gasteiger partial charge in [-0.2, -0.15) is 4.31 Å². The number of hydrogen-bond donors (Lipinski definition) is 2. The maximum Gasteiger partial charge on any atom is 0.318 e. The van der Waals surface area contributed by atoms with Gasteiger partial charge in [0.1, 0.15) is 18.0 Å². The lowest BCUT2D eigenvalue weighted by Crippen LogP contribution is -2.39. The van der Waals surface area contributed by atoms with Gasteiger partial charge < -0.3 is 10.2 Å². The molecule has 0 aliphatic carbocycles. The average molecular weight is 274 g/mol. The lowest BCUT2D eigenvalue weighted by atomic mass is 10.5. The Morgan fingerprint density at radius 1 is 1.22 bits per heavy atom. The van der Waals surface area contributed by atoms with E-state index in [4.69, 9.17) is 10.2 Å². The van der Waals surface area contributed by atoms with Crippen LogP contribution in [0.2, 0.25) is 0 Å². The first kappa shape index (κ1) is 14.1. The van der Waals surface area contributed by atoms with Gasteiger partial charge in [0.15, 0.2) is 0 Å². The van der Waals surface area contributed by atoms with Crippen LogP contribution < -0.4 is 0 Å². The van der Waals surface area contributed by atoms with Crippen molar-refractivity contribution >= 4 is 22.0 Å². The predicted molar refractivity (Wildman–Crippen MR) is 58.3 cm³/mol. The van der Waals surface area contributed by atoms with E-state index in [1.807, 2.05) is 0 Å². The molecule has 0 spiro atoms. The molecule has 1 heterocycles. The molecule has 2 N–H and O–H groups in total. The van der Waals surface area contributed by atoms with Gasteiger partial charge in [-0.15, -0.1) is 0 Å². The highest BCUT2D eigenvalue weighted by molar-refractivity contribution is 7.89. The van der Waals surface area contributed by atoms with Gasteiger partial charge in [0.2, 0.25) is 10.0 Å². The van der Waals surface area contributed by atoms with E-state index in [9.17, 15) is 18.0 Å². The summed E-state index contributed by atoms with van der Waals surface area (Å²) in [6, 6.07) is 2.56. The first-order valence-electron chi connectivity index (χ1n) is 4.68. The third-order valence-corrected chi connectivity index (χ3v) is 3.67. The number of nitrogens with zero attached hydrogens (tertiary/aromatic N) is 2. The molecule has 0 radical (unpaired) electrons. The fourth-order valence-electron chi connectivity index (χ4n) is 1.18. The average Bonchev–Trinajstić information content (AvgIpc) is 2.28. The van der Waals surface area contributed by atoms with Crippen LogP contribution >= 0.6 is 0 Å². The van der Waals surface area contributed by atoms with Crippen LogP contribution in [0, 0.1) is 0 Å². The monoisotopic (exact) mass is 274 g/mol. The van der Waals surface area contributed by atoms with Crippen molar-refractivity contribution < 1.29 is 28.2 Å². The maximum atomic E-state index is 12.0. The highest BCUT2D eigenvalue weighted by atomic mass is 32.2. The van der Waals surface area contributed by atoms with Crippen LogP contribution in [0.5, 0.6) is 0 Å². The minimum Gasteiger partial charge on any atom is -0.480 e. The smallest absolute Gasteiger partial charge is 0.318 e. The first-order valence-corrected chi connectivity index (χ1v) is 6.12. The van der Waals surface area contributed by atoms with E-state index >= 15 is 0 Å². The number of carboxylic acid groups (broad SMARTS) is 2. The van der Waals surface area contributed by atoms with E-state index in [0.29, 0.717) is 4.31 Å². The Labute approximate surface area is 103 Å². The normalized spacial score (nSPS) is 11.4. The molecule has 8 nitrogen and oxygen atoms in total. The molecule has 98 valence electrons. The summed E-state index contributed by atoms with van der Waals surface area (Å²) in [4.78, 5) is 24.4. The Morgan fingerprint density at radius 2 is 1.78 bits per heavy atom. The molecule has 0 saturated heterocycles. The molecule has 0 bridgehead atoms. The topological polar surface area (TPSA) is 125 Å². The molecule has 0 atom stereocenters. The molecular formula is C9H10N2O6S. The number of pyridine rings is 1. The van der Waals surface area contributed by atoms with Crippen molar-refractivity contribution in [1.29, 1.82) is 0 Å². The summed E-state index contributed by atoms with van der Waals surface area (Å²) in [5.41, 5.74) is 0. The zero-order valence-electron chi connectivity index (χ0n) is 9.05. The van der Waals surface area contributed by atoms with E-state index < -0.39 is 35.1 Å². The van der Waals surface area contributed by atoms with Gasteiger partial charge in [-0.25, -0.2) is 8.42 Å². The van der Waals surface area contributed by atoms with Crippen molar-refractivity contribution in [3.63, 3.8) is 0 Å². The Kier molecular flexibility index (Phi) is 4.34. The third kappa shape index (κ3) is 3.50. The number of sulfonamides is 1. The standard InChI is InChI=1S/C9H10N2O6S/c12-8(13)5-11(6-9(14)15)18(16,17)7-2-1-3-10-4-7/h1-4H,5-6H2,(H,12,13)(H,14,15). The lowest BCUT2D eigenvalue weighted by Gasteiger charge is -2.17. The minimum absolute atomic E-state index is 0.257. The zero-order chi connectivity index (χ0) is 13.8. The third-order valence-electron chi connectivity index (χ3n) is 1.90. The van der Waals surface area contributed by atoms with E-state index in [1.54, 1.807) is 0 Å². The van der Waals surface area contributed by atoms with Crippen LogP contribution in [0.4, 0.5) is 0 Å². The molecule has 18 heavy (non-hydrogen) atoms. The Hall–Kier alpha value is -2.00. The molecule has 1 aromatic heterocycles. The van der Waals surface area contributed by atoms with Crippen LogP contribution in [-0.2, 0) is 19.6 Å². The van der Waals surface area contributed by atoms with Crippen molar-refractivity contribution in [2.75, 3.05) is 13.1 Å². The molecule has 0 aromatic carbocycles. The molecular weight excluding hydrogens is 264 g/mol. The van der Waals surface area contributed by atoms with Crippen molar-refractivity contribution in [3.8, 4) is 0 Å². The summed E-state index contributed by atoms with van der Waals surface area (Å²) in [6.07, 6.45) is 2.36. The van der Waals surface area contributed by atoms with E-state index in [0.717, 1.165) is 6.20 Å². The van der Waals surface area contributed by atoms with Gasteiger partial charge in [-0.3, -0.25) is 14.6 Å². The van der Waals surface area contributed by atoms with Crippen molar-refractivity contribution in [2.24, 2.45) is 0 Å². The summed E-state index contributed by atoms with van der Waals surface area (Å²) >= 11 is 0. The summed E-state index contributed by atoms with van der Waals surface area (Å²) in [6.45, 7) is -1.85. The van der Waals surface area contributed by atoms with E-state index in [-0.39, 0.29) is 4.90 Å². The molecule has 1 rings (SSSR count). The number of carbonyl (C=O) groups is 2. The highest BCUT2D eigenvalue weighted by Gasteiger charge is 2.28. The highest BCUT2D eigenvalue weighted by Crippen LogP contribution is 2.13. The number of aliphatic carboxylic acids is 2. The SMILES string of the molecule is O=C(O)CN(CC(=O)O)S(=O)(=O)c1cccnc1. The summed E-state index contributed by atoms with van der Waals surface area (Å²) in [5, 5.41) is 17.2. The Morgan fingerprint density at radius 3 is 2.17 bits per heavy atom.